The Hall–Kier alpha value is -1.36. The van der Waals surface area contributed by atoms with E-state index in [1.54, 1.807) is 6.21 Å². The second-order valence-corrected chi connectivity index (χ2v) is 5.72. The lowest BCUT2D eigenvalue weighted by Crippen LogP contribution is -2.46. The maximum absolute atomic E-state index is 4.72. The van der Waals surface area contributed by atoms with Crippen molar-refractivity contribution >= 4 is 12.2 Å². The smallest absolute Gasteiger partial charge is 0.237 e. The molecule has 5 nitrogen and oxygen atoms in total. The molecule has 0 unspecified atom stereocenters. The number of likely N-dealkylation sites (tertiary alicyclic amines) is 1. The number of hydrogen-bond donors (Lipinski definition) is 1. The number of guanidine groups is 1. The van der Waals surface area contributed by atoms with Crippen LogP contribution in [0.1, 0.15) is 32.1 Å². The predicted octanol–water partition coefficient (Wildman–Crippen LogP) is 1.39. The fourth-order valence-electron chi connectivity index (χ4n) is 2.84. The number of aliphatic imine (C=N–C) groups is 2. The van der Waals surface area contributed by atoms with Crippen LogP contribution < -0.4 is 5.43 Å². The summed E-state index contributed by atoms with van der Waals surface area (Å²) in [5.74, 6) is 0.719. The second kappa shape index (κ2) is 5.33. The first-order valence-corrected chi connectivity index (χ1v) is 7.27. The van der Waals surface area contributed by atoms with Crippen molar-refractivity contribution in [1.82, 2.24) is 15.3 Å². The van der Waals surface area contributed by atoms with Gasteiger partial charge in [0.05, 0.1) is 18.0 Å². The Morgan fingerprint density at radius 1 is 1.32 bits per heavy atom. The highest BCUT2D eigenvalue weighted by atomic mass is 15.5. The highest BCUT2D eigenvalue weighted by Crippen LogP contribution is 2.28. The molecule has 3 aliphatic rings. The third-order valence-corrected chi connectivity index (χ3v) is 4.43. The molecule has 1 N–H and O–H groups in total. The molecule has 0 amide bonds. The summed E-state index contributed by atoms with van der Waals surface area (Å²) in [5.41, 5.74) is 4.00. The number of hydrazine groups is 1. The molecule has 1 saturated heterocycles. The molecule has 0 spiro atoms. The standard InChI is InChI=1S/C14H23N5/c1-11-10-15-14(17-18(11)2)16-12-6-8-19(9-7-12)13-4-3-5-13/h10,12-13H,1,3-9H2,2H3,(H,16,17). The first kappa shape index (κ1) is 12.7. The lowest BCUT2D eigenvalue weighted by atomic mass is 9.89. The molecule has 2 heterocycles. The van der Waals surface area contributed by atoms with Gasteiger partial charge in [0.2, 0.25) is 5.96 Å². The monoisotopic (exact) mass is 261 g/mol. The molecule has 2 fully saturated rings. The molecule has 0 radical (unpaired) electrons. The van der Waals surface area contributed by atoms with Crippen molar-refractivity contribution < 1.29 is 0 Å². The van der Waals surface area contributed by atoms with Crippen molar-refractivity contribution in [2.45, 2.75) is 44.2 Å². The number of hydrogen-bond acceptors (Lipinski definition) is 3. The van der Waals surface area contributed by atoms with Crippen molar-refractivity contribution in [2.24, 2.45) is 9.98 Å². The second-order valence-electron chi connectivity index (χ2n) is 5.72. The van der Waals surface area contributed by atoms with E-state index in [4.69, 9.17) is 4.99 Å². The third kappa shape index (κ3) is 2.81. The molecule has 0 atom stereocenters. The molecular weight excluding hydrogens is 238 g/mol. The highest BCUT2D eigenvalue weighted by Gasteiger charge is 2.28. The van der Waals surface area contributed by atoms with Crippen LogP contribution in [0.25, 0.3) is 0 Å². The lowest BCUT2D eigenvalue weighted by Gasteiger charge is -2.41. The summed E-state index contributed by atoms with van der Waals surface area (Å²) in [7, 11) is 1.93. The van der Waals surface area contributed by atoms with E-state index in [0.29, 0.717) is 6.04 Å². The molecule has 104 valence electrons. The minimum Gasteiger partial charge on any atom is -0.300 e. The molecular formula is C14H23N5. The van der Waals surface area contributed by atoms with E-state index in [1.165, 1.54) is 32.4 Å². The summed E-state index contributed by atoms with van der Waals surface area (Å²) in [6.07, 6.45) is 8.29. The minimum atomic E-state index is 0.413. The molecule has 0 aromatic rings. The van der Waals surface area contributed by atoms with E-state index >= 15 is 0 Å². The summed E-state index contributed by atoms with van der Waals surface area (Å²) < 4.78 is 0. The van der Waals surface area contributed by atoms with Crippen LogP contribution in [-0.4, -0.2) is 54.3 Å². The minimum absolute atomic E-state index is 0.413. The van der Waals surface area contributed by atoms with Gasteiger partial charge in [-0.2, -0.15) is 0 Å². The summed E-state index contributed by atoms with van der Waals surface area (Å²) in [4.78, 5) is 11.7. The molecule has 3 rings (SSSR count). The van der Waals surface area contributed by atoms with Gasteiger partial charge in [-0.05, 0) is 25.7 Å². The van der Waals surface area contributed by atoms with E-state index in [2.05, 4.69) is 21.9 Å². The maximum atomic E-state index is 4.72. The molecule has 19 heavy (non-hydrogen) atoms. The number of allylic oxidation sites excluding steroid dienone is 1. The number of nitrogens with zero attached hydrogens (tertiary/aromatic N) is 4. The van der Waals surface area contributed by atoms with Gasteiger partial charge in [0.25, 0.3) is 0 Å². The van der Waals surface area contributed by atoms with Gasteiger partial charge in [-0.25, -0.2) is 9.98 Å². The molecule has 2 aliphatic heterocycles. The SMILES string of the molecule is C=C1C=NC(=NC2CCN(C3CCC3)CC2)NN1C. The van der Waals surface area contributed by atoms with Gasteiger partial charge < -0.3 is 4.90 Å². The van der Waals surface area contributed by atoms with Crippen molar-refractivity contribution in [3.8, 4) is 0 Å². The van der Waals surface area contributed by atoms with Crippen molar-refractivity contribution in [2.75, 3.05) is 20.1 Å². The molecule has 0 aromatic carbocycles. The fourth-order valence-corrected chi connectivity index (χ4v) is 2.84. The van der Waals surface area contributed by atoms with Crippen molar-refractivity contribution in [1.29, 1.82) is 0 Å². The van der Waals surface area contributed by atoms with Crippen LogP contribution >= 0.6 is 0 Å². The quantitative estimate of drug-likeness (QED) is 0.817. The zero-order valence-electron chi connectivity index (χ0n) is 11.7. The van der Waals surface area contributed by atoms with Crippen LogP contribution in [0, 0.1) is 0 Å². The van der Waals surface area contributed by atoms with Crippen LogP contribution in [0.15, 0.2) is 22.3 Å². The Balaban J connectivity index is 1.54. The summed E-state index contributed by atoms with van der Waals surface area (Å²) in [6.45, 7) is 6.26. The Kier molecular flexibility index (Phi) is 3.55. The van der Waals surface area contributed by atoms with E-state index < -0.39 is 0 Å². The van der Waals surface area contributed by atoms with Gasteiger partial charge >= 0.3 is 0 Å². The van der Waals surface area contributed by atoms with Gasteiger partial charge in [-0.3, -0.25) is 10.4 Å². The van der Waals surface area contributed by atoms with Crippen LogP contribution in [0.4, 0.5) is 0 Å². The van der Waals surface area contributed by atoms with Crippen LogP contribution in [0.2, 0.25) is 0 Å². The van der Waals surface area contributed by atoms with Gasteiger partial charge in [0, 0.05) is 26.2 Å². The first-order chi connectivity index (χ1) is 9.22. The number of piperidine rings is 1. The molecule has 1 aliphatic carbocycles. The van der Waals surface area contributed by atoms with Crippen molar-refractivity contribution in [3.05, 3.63) is 12.3 Å². The summed E-state index contributed by atoms with van der Waals surface area (Å²) in [6, 6.07) is 1.28. The zero-order chi connectivity index (χ0) is 13.2. The van der Waals surface area contributed by atoms with Crippen molar-refractivity contribution in [3.63, 3.8) is 0 Å². The summed E-state index contributed by atoms with van der Waals surface area (Å²) in [5, 5.41) is 1.86. The predicted molar refractivity (Wildman–Crippen MR) is 78.2 cm³/mol. The fraction of sp³-hybridized carbons (Fsp3) is 0.714. The number of rotatable bonds is 2. The third-order valence-electron chi connectivity index (χ3n) is 4.43. The van der Waals surface area contributed by atoms with Gasteiger partial charge in [-0.15, -0.1) is 0 Å². The molecule has 0 bridgehead atoms. The lowest BCUT2D eigenvalue weighted by molar-refractivity contribution is 0.0985. The van der Waals surface area contributed by atoms with E-state index in [9.17, 15) is 0 Å². The topological polar surface area (TPSA) is 43.2 Å². The normalized spacial score (nSPS) is 28.6. The average Bonchev–Trinajstić information content (AvgIpc) is 2.34. The van der Waals surface area contributed by atoms with E-state index in [1.807, 2.05) is 12.1 Å². The van der Waals surface area contributed by atoms with Gasteiger partial charge in [0.1, 0.15) is 0 Å². The van der Waals surface area contributed by atoms with Gasteiger partial charge in [0.15, 0.2) is 0 Å². The zero-order valence-corrected chi connectivity index (χ0v) is 11.7. The summed E-state index contributed by atoms with van der Waals surface area (Å²) >= 11 is 0. The number of nitrogens with one attached hydrogen (secondary N) is 1. The Labute approximate surface area is 115 Å². The highest BCUT2D eigenvalue weighted by molar-refractivity contribution is 5.95. The van der Waals surface area contributed by atoms with E-state index in [-0.39, 0.29) is 0 Å². The average molecular weight is 261 g/mol. The first-order valence-electron chi connectivity index (χ1n) is 7.27. The molecule has 5 heteroatoms. The molecule has 1 saturated carbocycles. The molecule has 0 aromatic heterocycles. The Morgan fingerprint density at radius 2 is 2.05 bits per heavy atom. The Morgan fingerprint density at radius 3 is 2.63 bits per heavy atom. The van der Waals surface area contributed by atoms with Gasteiger partial charge in [-0.1, -0.05) is 13.0 Å². The van der Waals surface area contributed by atoms with Crippen LogP contribution in [0.3, 0.4) is 0 Å². The van der Waals surface area contributed by atoms with E-state index in [0.717, 1.165) is 30.5 Å². The van der Waals surface area contributed by atoms with Crippen LogP contribution in [0.5, 0.6) is 0 Å². The maximum Gasteiger partial charge on any atom is 0.237 e. The van der Waals surface area contributed by atoms with Crippen LogP contribution in [-0.2, 0) is 0 Å². The Bertz CT molecular complexity index is 402. The largest absolute Gasteiger partial charge is 0.300 e.